The summed E-state index contributed by atoms with van der Waals surface area (Å²) in [4.78, 5) is 46.8. The summed E-state index contributed by atoms with van der Waals surface area (Å²) in [7, 11) is 0. The molecule has 1 aromatic carbocycles. The van der Waals surface area contributed by atoms with E-state index in [1.54, 1.807) is 12.1 Å². The Kier molecular flexibility index (Phi) is 6.78. The Bertz CT molecular complexity index is 1300. The number of piperidine rings is 2. The van der Waals surface area contributed by atoms with E-state index in [0.29, 0.717) is 25.0 Å². The fraction of sp³-hybridized carbons (Fsp3) is 0.727. The highest BCUT2D eigenvalue weighted by Crippen LogP contribution is 2.54. The van der Waals surface area contributed by atoms with E-state index in [1.807, 2.05) is 0 Å². The molecule has 42 heavy (non-hydrogen) atoms. The number of imide groups is 1. The lowest BCUT2D eigenvalue weighted by Crippen LogP contribution is -2.74. The maximum Gasteiger partial charge on any atom is 0.338 e. The van der Waals surface area contributed by atoms with Gasteiger partial charge in [-0.3, -0.25) is 24.3 Å². The normalized spacial score (nSPS) is 34.4. The molecular weight excluding hydrogens is 534 g/mol. The number of esters is 1. The van der Waals surface area contributed by atoms with Gasteiger partial charge in [-0.1, -0.05) is 6.92 Å². The molecule has 4 fully saturated rings. The van der Waals surface area contributed by atoms with Crippen LogP contribution in [0, 0.1) is 0 Å². The molecule has 0 aliphatic carbocycles. The predicted octanol–water partition coefficient (Wildman–Crippen LogP) is 4.63. The number of likely N-dealkylation sites (tertiary alicyclic amines) is 1. The minimum absolute atomic E-state index is 0.0437. The summed E-state index contributed by atoms with van der Waals surface area (Å²) in [6.45, 7) is 21.3. The number of hydrogen-bond acceptors (Lipinski definition) is 8. The average Bonchev–Trinajstić information content (AvgIpc) is 3.62. The number of rotatable bonds is 6. The summed E-state index contributed by atoms with van der Waals surface area (Å²) in [5.74, 6) is -1.13. The van der Waals surface area contributed by atoms with Gasteiger partial charge in [-0.25, -0.2) is 4.79 Å². The third-order valence-corrected chi connectivity index (χ3v) is 10.4. The highest BCUT2D eigenvalue weighted by atomic mass is 16.6. The van der Waals surface area contributed by atoms with Crippen molar-refractivity contribution in [2.75, 3.05) is 13.2 Å². The quantitative estimate of drug-likeness (QED) is 0.273. The molecule has 230 valence electrons. The summed E-state index contributed by atoms with van der Waals surface area (Å²) in [6.07, 6.45) is 3.34. The minimum Gasteiger partial charge on any atom is -0.459 e. The van der Waals surface area contributed by atoms with Gasteiger partial charge in [0, 0.05) is 34.2 Å². The molecule has 5 aliphatic heterocycles. The van der Waals surface area contributed by atoms with Gasteiger partial charge in [0.15, 0.2) is 0 Å². The zero-order valence-electron chi connectivity index (χ0n) is 26.7. The van der Waals surface area contributed by atoms with Crippen LogP contribution in [0.4, 0.5) is 0 Å². The lowest BCUT2D eigenvalue weighted by molar-refractivity contribution is -0.143. The number of epoxide rings is 1. The van der Waals surface area contributed by atoms with E-state index in [4.69, 9.17) is 14.2 Å². The fourth-order valence-electron chi connectivity index (χ4n) is 9.31. The Balaban J connectivity index is 1.26. The SMILES string of the molecule is CCC1OC2C(N3C(C)(C)CC(N4C(=O)c5ccc(C(=O)OCC6CO6)cc5C4=O)CC3(C)C)CC(C)(C)N1C2(C)C. The van der Waals surface area contributed by atoms with Crippen molar-refractivity contribution in [1.82, 2.24) is 14.7 Å². The zero-order valence-corrected chi connectivity index (χ0v) is 26.7. The molecule has 5 atom stereocenters. The van der Waals surface area contributed by atoms with Gasteiger partial charge >= 0.3 is 5.97 Å². The third kappa shape index (κ3) is 4.54. The Labute approximate surface area is 249 Å². The van der Waals surface area contributed by atoms with Gasteiger partial charge in [-0.05, 0) is 99.3 Å². The molecule has 0 aromatic heterocycles. The number of carbonyl (C=O) groups excluding carboxylic acids is 3. The molecule has 2 amide bonds. The van der Waals surface area contributed by atoms with Crippen LogP contribution in [0.3, 0.4) is 0 Å². The lowest BCUT2D eigenvalue weighted by Gasteiger charge is -2.63. The van der Waals surface area contributed by atoms with E-state index >= 15 is 0 Å². The number of ether oxygens (including phenoxy) is 3. The second kappa shape index (κ2) is 9.58. The Morgan fingerprint density at radius 1 is 0.905 bits per heavy atom. The van der Waals surface area contributed by atoms with E-state index in [1.165, 1.54) is 11.0 Å². The molecule has 0 radical (unpaired) electrons. The molecule has 5 heterocycles. The molecule has 0 spiro atoms. The first-order valence-corrected chi connectivity index (χ1v) is 15.5. The first-order valence-electron chi connectivity index (χ1n) is 15.5. The second-order valence-electron chi connectivity index (χ2n) is 15.4. The molecule has 5 unspecified atom stereocenters. The van der Waals surface area contributed by atoms with E-state index < -0.39 is 5.97 Å². The summed E-state index contributed by atoms with van der Waals surface area (Å²) in [5.41, 5.74) is 0.104. The summed E-state index contributed by atoms with van der Waals surface area (Å²) in [6, 6.07) is 4.59. The number of hydrogen-bond donors (Lipinski definition) is 0. The summed E-state index contributed by atoms with van der Waals surface area (Å²) < 4.78 is 17.2. The van der Waals surface area contributed by atoms with Crippen LogP contribution < -0.4 is 0 Å². The lowest BCUT2D eigenvalue weighted by atomic mass is 9.69. The smallest absolute Gasteiger partial charge is 0.338 e. The summed E-state index contributed by atoms with van der Waals surface area (Å²) in [5, 5.41) is 0. The van der Waals surface area contributed by atoms with Crippen LogP contribution in [-0.4, -0.2) is 98.4 Å². The topological polar surface area (TPSA) is 91.9 Å². The van der Waals surface area contributed by atoms with Crippen molar-refractivity contribution in [1.29, 1.82) is 0 Å². The van der Waals surface area contributed by atoms with Crippen molar-refractivity contribution < 1.29 is 28.6 Å². The van der Waals surface area contributed by atoms with Crippen molar-refractivity contribution >= 4 is 17.8 Å². The van der Waals surface area contributed by atoms with Gasteiger partial charge in [-0.2, -0.15) is 0 Å². The Morgan fingerprint density at radius 2 is 1.50 bits per heavy atom. The van der Waals surface area contributed by atoms with Gasteiger partial charge in [0.05, 0.1) is 29.4 Å². The van der Waals surface area contributed by atoms with E-state index in [9.17, 15) is 14.4 Å². The van der Waals surface area contributed by atoms with Crippen molar-refractivity contribution in [2.45, 2.75) is 141 Å². The van der Waals surface area contributed by atoms with Crippen molar-refractivity contribution in [3.63, 3.8) is 0 Å². The maximum absolute atomic E-state index is 13.8. The number of benzene rings is 1. The van der Waals surface area contributed by atoms with Crippen LogP contribution in [0.5, 0.6) is 0 Å². The Morgan fingerprint density at radius 3 is 2.10 bits per heavy atom. The largest absolute Gasteiger partial charge is 0.459 e. The number of fused-ring (bicyclic) bond motifs is 3. The number of nitrogens with zero attached hydrogens (tertiary/aromatic N) is 3. The molecule has 0 N–H and O–H groups in total. The second-order valence-corrected chi connectivity index (χ2v) is 15.4. The molecular formula is C33H47N3O6. The van der Waals surface area contributed by atoms with Gasteiger partial charge in [0.25, 0.3) is 11.8 Å². The van der Waals surface area contributed by atoms with Gasteiger partial charge < -0.3 is 14.2 Å². The number of carbonyl (C=O) groups is 3. The van der Waals surface area contributed by atoms with E-state index in [0.717, 1.165) is 12.8 Å². The molecule has 1 aromatic rings. The highest BCUT2D eigenvalue weighted by molar-refractivity contribution is 6.22. The van der Waals surface area contributed by atoms with Crippen LogP contribution in [-0.2, 0) is 14.2 Å². The number of amides is 2. The van der Waals surface area contributed by atoms with Crippen molar-refractivity contribution in [2.24, 2.45) is 0 Å². The third-order valence-electron chi connectivity index (χ3n) is 10.4. The highest BCUT2D eigenvalue weighted by Gasteiger charge is 2.64. The molecule has 9 heteroatoms. The van der Waals surface area contributed by atoms with Gasteiger partial charge in [0.1, 0.15) is 18.9 Å². The maximum atomic E-state index is 13.8. The van der Waals surface area contributed by atoms with Gasteiger partial charge in [-0.15, -0.1) is 0 Å². The van der Waals surface area contributed by atoms with Crippen LogP contribution in [0.15, 0.2) is 18.2 Å². The fourth-order valence-corrected chi connectivity index (χ4v) is 9.31. The Hall–Kier alpha value is -2.33. The molecule has 4 saturated heterocycles. The monoisotopic (exact) mass is 581 g/mol. The average molecular weight is 582 g/mol. The standard InChI is InChI=1S/C33H47N3O6/c1-10-25-36-32(6,7)16-24(26(42-25)33(36,8)9)35-30(2,3)14-20(15-31(35,4)5)34-27(37)22-12-11-19(13-23(22)28(34)38)29(39)41-18-21-17-40-21/h11-13,20-21,24-26H,10,14-18H2,1-9H3. The van der Waals surface area contributed by atoms with Crippen LogP contribution >= 0.6 is 0 Å². The molecule has 0 saturated carbocycles. The van der Waals surface area contributed by atoms with E-state index in [-0.39, 0.29) is 82.2 Å². The first-order chi connectivity index (χ1) is 19.5. The van der Waals surface area contributed by atoms with E-state index in [2.05, 4.69) is 72.1 Å². The summed E-state index contributed by atoms with van der Waals surface area (Å²) >= 11 is 0. The van der Waals surface area contributed by atoms with Crippen molar-refractivity contribution in [3.8, 4) is 0 Å². The van der Waals surface area contributed by atoms with Crippen LogP contribution in [0.2, 0.25) is 0 Å². The molecule has 9 nitrogen and oxygen atoms in total. The molecule has 2 bridgehead atoms. The minimum atomic E-state index is -0.515. The molecule has 6 rings (SSSR count). The predicted molar refractivity (Wildman–Crippen MR) is 157 cm³/mol. The van der Waals surface area contributed by atoms with Crippen LogP contribution in [0.25, 0.3) is 0 Å². The zero-order chi connectivity index (χ0) is 30.6. The molecule has 5 aliphatic rings. The van der Waals surface area contributed by atoms with Gasteiger partial charge in [0.2, 0.25) is 0 Å². The van der Waals surface area contributed by atoms with Crippen molar-refractivity contribution in [3.05, 3.63) is 34.9 Å². The van der Waals surface area contributed by atoms with Crippen LogP contribution in [0.1, 0.15) is 119 Å². The first kappa shape index (κ1) is 29.7.